The molecule has 0 unspecified atom stereocenters. The monoisotopic (exact) mass is 407 g/mol. The number of methoxy groups -OCH3 is 2. The van der Waals surface area contributed by atoms with Crippen LogP contribution in [0.3, 0.4) is 0 Å². The zero-order valence-corrected chi connectivity index (χ0v) is 16.9. The SMILES string of the molecule is COc1ccc(OC)c(NC(=O)COC(=O)COc2c(C)cc(Cl)cc2C)c1. The van der Waals surface area contributed by atoms with Gasteiger partial charge >= 0.3 is 5.97 Å². The molecule has 1 amide bonds. The summed E-state index contributed by atoms with van der Waals surface area (Å²) in [6.07, 6.45) is 0. The zero-order valence-electron chi connectivity index (χ0n) is 16.1. The fourth-order valence-electron chi connectivity index (χ4n) is 2.54. The van der Waals surface area contributed by atoms with Gasteiger partial charge in [0, 0.05) is 11.1 Å². The van der Waals surface area contributed by atoms with E-state index in [0.717, 1.165) is 11.1 Å². The smallest absolute Gasteiger partial charge is 0.344 e. The Labute approximate surface area is 168 Å². The van der Waals surface area contributed by atoms with Crippen molar-refractivity contribution < 1.29 is 28.5 Å². The van der Waals surface area contributed by atoms with E-state index in [2.05, 4.69) is 5.32 Å². The summed E-state index contributed by atoms with van der Waals surface area (Å²) in [6.45, 7) is 2.88. The fourth-order valence-corrected chi connectivity index (χ4v) is 2.87. The molecule has 0 fully saturated rings. The summed E-state index contributed by atoms with van der Waals surface area (Å²) in [5.74, 6) is 0.389. The van der Waals surface area contributed by atoms with Crippen LogP contribution in [0, 0.1) is 13.8 Å². The molecule has 0 spiro atoms. The van der Waals surface area contributed by atoms with E-state index in [1.165, 1.54) is 14.2 Å². The van der Waals surface area contributed by atoms with Gasteiger partial charge in [-0.2, -0.15) is 0 Å². The van der Waals surface area contributed by atoms with Crippen LogP contribution in [-0.2, 0) is 14.3 Å². The van der Waals surface area contributed by atoms with Gasteiger partial charge in [-0.1, -0.05) is 11.6 Å². The van der Waals surface area contributed by atoms with Crippen LogP contribution < -0.4 is 19.5 Å². The highest BCUT2D eigenvalue weighted by Gasteiger charge is 2.13. The Bertz CT molecular complexity index is 845. The molecule has 0 saturated heterocycles. The molecule has 150 valence electrons. The molecule has 8 heteroatoms. The third kappa shape index (κ3) is 5.79. The lowest BCUT2D eigenvalue weighted by molar-refractivity contribution is -0.149. The number of carbonyl (C=O) groups is 2. The van der Waals surface area contributed by atoms with Crippen molar-refractivity contribution >= 4 is 29.2 Å². The van der Waals surface area contributed by atoms with Crippen molar-refractivity contribution in [2.45, 2.75) is 13.8 Å². The van der Waals surface area contributed by atoms with Gasteiger partial charge in [-0.15, -0.1) is 0 Å². The lowest BCUT2D eigenvalue weighted by Crippen LogP contribution is -2.24. The Morgan fingerprint density at radius 2 is 1.68 bits per heavy atom. The van der Waals surface area contributed by atoms with E-state index in [1.54, 1.807) is 30.3 Å². The predicted molar refractivity (Wildman–Crippen MR) is 106 cm³/mol. The van der Waals surface area contributed by atoms with Gasteiger partial charge in [-0.3, -0.25) is 4.79 Å². The average molecular weight is 408 g/mol. The molecule has 28 heavy (non-hydrogen) atoms. The van der Waals surface area contributed by atoms with Crippen molar-refractivity contribution in [1.82, 2.24) is 0 Å². The Hall–Kier alpha value is -2.93. The number of nitrogens with one attached hydrogen (secondary N) is 1. The lowest BCUT2D eigenvalue weighted by Gasteiger charge is -2.13. The van der Waals surface area contributed by atoms with Crippen LogP contribution in [0.5, 0.6) is 17.2 Å². The van der Waals surface area contributed by atoms with Gasteiger partial charge in [-0.05, 0) is 49.2 Å². The van der Waals surface area contributed by atoms with Crippen molar-refractivity contribution in [3.63, 3.8) is 0 Å². The van der Waals surface area contributed by atoms with Crippen LogP contribution in [0.4, 0.5) is 5.69 Å². The Kier molecular flexibility index (Phi) is 7.52. The first-order valence-electron chi connectivity index (χ1n) is 8.41. The maximum absolute atomic E-state index is 12.1. The molecule has 0 bridgehead atoms. The molecule has 0 radical (unpaired) electrons. The second-order valence-corrected chi connectivity index (χ2v) is 6.37. The first-order valence-corrected chi connectivity index (χ1v) is 8.79. The highest BCUT2D eigenvalue weighted by molar-refractivity contribution is 6.30. The summed E-state index contributed by atoms with van der Waals surface area (Å²) in [5.41, 5.74) is 2.02. The highest BCUT2D eigenvalue weighted by atomic mass is 35.5. The number of amides is 1. The molecular weight excluding hydrogens is 386 g/mol. The average Bonchev–Trinajstić information content (AvgIpc) is 2.65. The maximum Gasteiger partial charge on any atom is 0.344 e. The molecule has 2 aromatic carbocycles. The topological polar surface area (TPSA) is 83.1 Å². The summed E-state index contributed by atoms with van der Waals surface area (Å²) in [5, 5.41) is 3.21. The molecule has 7 nitrogen and oxygen atoms in total. The highest BCUT2D eigenvalue weighted by Crippen LogP contribution is 2.29. The van der Waals surface area contributed by atoms with Gasteiger partial charge in [0.2, 0.25) is 0 Å². The normalized spacial score (nSPS) is 10.2. The second-order valence-electron chi connectivity index (χ2n) is 5.93. The molecule has 0 heterocycles. The summed E-state index contributed by atoms with van der Waals surface area (Å²) in [7, 11) is 2.99. The number of ether oxygens (including phenoxy) is 4. The summed E-state index contributed by atoms with van der Waals surface area (Å²) < 4.78 is 20.8. The second kappa shape index (κ2) is 9.85. The van der Waals surface area contributed by atoms with Crippen molar-refractivity contribution in [2.75, 3.05) is 32.8 Å². The van der Waals surface area contributed by atoms with E-state index in [0.29, 0.717) is 28.0 Å². The maximum atomic E-state index is 12.1. The molecule has 0 aliphatic carbocycles. The van der Waals surface area contributed by atoms with Crippen LogP contribution in [0.1, 0.15) is 11.1 Å². The van der Waals surface area contributed by atoms with Crippen molar-refractivity contribution in [2.24, 2.45) is 0 Å². The summed E-state index contributed by atoms with van der Waals surface area (Å²) in [6, 6.07) is 8.44. The number of halogens is 1. The minimum atomic E-state index is -0.665. The first-order chi connectivity index (χ1) is 13.3. The van der Waals surface area contributed by atoms with Crippen LogP contribution >= 0.6 is 11.6 Å². The van der Waals surface area contributed by atoms with Gasteiger partial charge in [0.15, 0.2) is 13.2 Å². The number of esters is 1. The first kappa shape index (κ1) is 21.4. The van der Waals surface area contributed by atoms with Crippen LogP contribution in [0.25, 0.3) is 0 Å². The molecule has 0 aromatic heterocycles. The molecule has 1 N–H and O–H groups in total. The number of benzene rings is 2. The molecule has 0 saturated carbocycles. The van der Waals surface area contributed by atoms with Gasteiger partial charge in [0.1, 0.15) is 17.2 Å². The Morgan fingerprint density at radius 1 is 1.00 bits per heavy atom. The lowest BCUT2D eigenvalue weighted by atomic mass is 10.1. The van der Waals surface area contributed by atoms with E-state index in [1.807, 2.05) is 13.8 Å². The van der Waals surface area contributed by atoms with Gasteiger partial charge in [0.25, 0.3) is 5.91 Å². The molecule has 0 aliphatic rings. The van der Waals surface area contributed by atoms with E-state index < -0.39 is 18.5 Å². The minimum Gasteiger partial charge on any atom is -0.497 e. The van der Waals surface area contributed by atoms with Crippen LogP contribution in [0.15, 0.2) is 30.3 Å². The standard InChI is InChI=1S/C20H22ClNO6/c1-12-7-14(21)8-13(2)20(12)28-11-19(24)27-10-18(23)22-16-9-15(25-3)5-6-17(16)26-4/h5-9H,10-11H2,1-4H3,(H,22,23). The van der Waals surface area contributed by atoms with Crippen molar-refractivity contribution in [3.05, 3.63) is 46.5 Å². The third-order valence-electron chi connectivity index (χ3n) is 3.80. The fraction of sp³-hybridized carbons (Fsp3) is 0.300. The number of hydrogen-bond acceptors (Lipinski definition) is 6. The van der Waals surface area contributed by atoms with Gasteiger partial charge < -0.3 is 24.3 Å². The van der Waals surface area contributed by atoms with Crippen molar-refractivity contribution in [3.8, 4) is 17.2 Å². The molecule has 2 aromatic rings. The van der Waals surface area contributed by atoms with Crippen LogP contribution in [0.2, 0.25) is 5.02 Å². The van der Waals surface area contributed by atoms with Gasteiger partial charge in [-0.25, -0.2) is 4.79 Å². The number of carbonyl (C=O) groups excluding carboxylic acids is 2. The van der Waals surface area contributed by atoms with E-state index in [9.17, 15) is 9.59 Å². The van der Waals surface area contributed by atoms with Crippen LogP contribution in [-0.4, -0.2) is 39.3 Å². The number of hydrogen-bond donors (Lipinski definition) is 1. The molecule has 0 aliphatic heterocycles. The summed E-state index contributed by atoms with van der Waals surface area (Å²) in [4.78, 5) is 24.0. The largest absolute Gasteiger partial charge is 0.497 e. The van der Waals surface area contributed by atoms with E-state index in [-0.39, 0.29) is 6.61 Å². The van der Waals surface area contributed by atoms with Gasteiger partial charge in [0.05, 0.1) is 19.9 Å². The predicted octanol–water partition coefficient (Wildman–Crippen LogP) is 3.53. The molecule has 2 rings (SSSR count). The minimum absolute atomic E-state index is 0.320. The summed E-state index contributed by atoms with van der Waals surface area (Å²) >= 11 is 5.97. The Balaban J connectivity index is 1.87. The zero-order chi connectivity index (χ0) is 20.7. The number of rotatable bonds is 8. The van der Waals surface area contributed by atoms with Crippen molar-refractivity contribution in [1.29, 1.82) is 0 Å². The van der Waals surface area contributed by atoms with E-state index >= 15 is 0 Å². The number of anilines is 1. The third-order valence-corrected chi connectivity index (χ3v) is 4.02. The quantitative estimate of drug-likeness (QED) is 0.674. The molecule has 0 atom stereocenters. The number of aryl methyl sites for hydroxylation is 2. The van der Waals surface area contributed by atoms with E-state index in [4.69, 9.17) is 30.5 Å². The Morgan fingerprint density at radius 3 is 2.29 bits per heavy atom. The molecular formula is C20H22ClNO6.